The summed E-state index contributed by atoms with van der Waals surface area (Å²) < 4.78 is 0. The van der Waals surface area contributed by atoms with Crippen LogP contribution in [0.5, 0.6) is 0 Å². The summed E-state index contributed by atoms with van der Waals surface area (Å²) in [6, 6.07) is 9.40. The van der Waals surface area contributed by atoms with Crippen molar-refractivity contribution in [3.8, 4) is 0 Å². The number of nitrogens with one attached hydrogen (secondary N) is 1. The Morgan fingerprint density at radius 3 is 2.65 bits per heavy atom. The number of carbonyl (C=O) groups excluding carboxylic acids is 1. The number of piperazine rings is 1. The molecular formula is C16H18ClN5O. The van der Waals surface area contributed by atoms with E-state index in [9.17, 15) is 4.79 Å². The molecule has 23 heavy (non-hydrogen) atoms. The van der Waals surface area contributed by atoms with Crippen molar-refractivity contribution < 1.29 is 4.79 Å². The maximum atomic E-state index is 10.8. The SMILES string of the molecule is Cc1cc(Nc2cccc(Cl)c2)nc(N2CCN(C=O)CC2)n1. The number of nitrogens with zero attached hydrogens (tertiary/aromatic N) is 4. The van der Waals surface area contributed by atoms with Gasteiger partial charge in [0.05, 0.1) is 0 Å². The van der Waals surface area contributed by atoms with Crippen molar-refractivity contribution in [3.63, 3.8) is 0 Å². The van der Waals surface area contributed by atoms with Crippen LogP contribution in [-0.4, -0.2) is 47.5 Å². The summed E-state index contributed by atoms with van der Waals surface area (Å²) in [5.41, 5.74) is 1.77. The molecule has 1 amide bonds. The molecule has 1 fully saturated rings. The molecule has 3 rings (SSSR count). The zero-order valence-electron chi connectivity index (χ0n) is 12.9. The van der Waals surface area contributed by atoms with Gasteiger partial charge in [-0.2, -0.15) is 4.98 Å². The molecule has 0 atom stereocenters. The van der Waals surface area contributed by atoms with E-state index in [0.29, 0.717) is 24.1 Å². The van der Waals surface area contributed by atoms with Crippen LogP contribution in [0.25, 0.3) is 0 Å². The zero-order chi connectivity index (χ0) is 16.2. The van der Waals surface area contributed by atoms with E-state index in [2.05, 4.69) is 20.2 Å². The van der Waals surface area contributed by atoms with Crippen LogP contribution in [0.15, 0.2) is 30.3 Å². The molecule has 2 aromatic rings. The summed E-state index contributed by atoms with van der Waals surface area (Å²) in [5, 5.41) is 3.93. The Balaban J connectivity index is 1.78. The second-order valence-corrected chi connectivity index (χ2v) is 5.89. The van der Waals surface area contributed by atoms with Gasteiger partial charge in [0.25, 0.3) is 0 Å². The number of carbonyl (C=O) groups is 1. The van der Waals surface area contributed by atoms with Crippen LogP contribution in [0.2, 0.25) is 5.02 Å². The molecule has 1 aliphatic rings. The summed E-state index contributed by atoms with van der Waals surface area (Å²) in [6.45, 7) is 4.79. The van der Waals surface area contributed by atoms with E-state index in [-0.39, 0.29) is 0 Å². The molecule has 6 nitrogen and oxygen atoms in total. The normalized spacial score (nSPS) is 14.7. The van der Waals surface area contributed by atoms with Crippen molar-refractivity contribution in [2.24, 2.45) is 0 Å². The fourth-order valence-electron chi connectivity index (χ4n) is 2.50. The van der Waals surface area contributed by atoms with Gasteiger partial charge in [-0.1, -0.05) is 17.7 Å². The van der Waals surface area contributed by atoms with Crippen LogP contribution in [0.4, 0.5) is 17.5 Å². The molecule has 1 saturated heterocycles. The van der Waals surface area contributed by atoms with E-state index in [1.165, 1.54) is 0 Å². The van der Waals surface area contributed by atoms with E-state index in [4.69, 9.17) is 11.6 Å². The van der Waals surface area contributed by atoms with Crippen LogP contribution < -0.4 is 10.2 Å². The van der Waals surface area contributed by atoms with Crippen LogP contribution in [0.1, 0.15) is 5.69 Å². The lowest BCUT2D eigenvalue weighted by Crippen LogP contribution is -2.46. The Morgan fingerprint density at radius 1 is 1.17 bits per heavy atom. The molecule has 0 spiro atoms. The predicted molar refractivity (Wildman–Crippen MR) is 91.4 cm³/mol. The number of aromatic nitrogens is 2. The van der Waals surface area contributed by atoms with Crippen LogP contribution >= 0.6 is 11.6 Å². The first kappa shape index (κ1) is 15.6. The van der Waals surface area contributed by atoms with Crippen molar-refractivity contribution in [2.45, 2.75) is 6.92 Å². The lowest BCUT2D eigenvalue weighted by Gasteiger charge is -2.32. The average molecular weight is 332 g/mol. The van der Waals surface area contributed by atoms with Gasteiger partial charge in [0.15, 0.2) is 0 Å². The Labute approximate surface area is 140 Å². The van der Waals surface area contributed by atoms with Crippen molar-refractivity contribution >= 4 is 35.5 Å². The van der Waals surface area contributed by atoms with E-state index in [0.717, 1.165) is 36.7 Å². The van der Waals surface area contributed by atoms with Gasteiger partial charge in [-0.05, 0) is 25.1 Å². The number of rotatable bonds is 4. The molecule has 1 aromatic heterocycles. The summed E-state index contributed by atoms with van der Waals surface area (Å²) >= 11 is 6.01. The van der Waals surface area contributed by atoms with E-state index >= 15 is 0 Å². The fraction of sp³-hybridized carbons (Fsp3) is 0.312. The number of anilines is 3. The second-order valence-electron chi connectivity index (χ2n) is 5.46. The number of amides is 1. The Hall–Kier alpha value is -2.34. The van der Waals surface area contributed by atoms with E-state index < -0.39 is 0 Å². The molecule has 0 radical (unpaired) electrons. The van der Waals surface area contributed by atoms with Crippen molar-refractivity contribution in [3.05, 3.63) is 41.0 Å². The lowest BCUT2D eigenvalue weighted by molar-refractivity contribution is -0.118. The Kier molecular flexibility index (Phi) is 4.62. The van der Waals surface area contributed by atoms with E-state index in [1.54, 1.807) is 4.90 Å². The van der Waals surface area contributed by atoms with Gasteiger partial charge in [-0.25, -0.2) is 4.98 Å². The highest BCUT2D eigenvalue weighted by Gasteiger charge is 2.18. The Morgan fingerprint density at radius 2 is 1.96 bits per heavy atom. The van der Waals surface area contributed by atoms with Gasteiger partial charge in [-0.15, -0.1) is 0 Å². The number of hydrogen-bond acceptors (Lipinski definition) is 5. The minimum atomic E-state index is 0.672. The molecule has 0 saturated carbocycles. The first-order chi connectivity index (χ1) is 11.1. The fourth-order valence-corrected chi connectivity index (χ4v) is 2.69. The van der Waals surface area contributed by atoms with Gasteiger partial charge in [-0.3, -0.25) is 4.79 Å². The average Bonchev–Trinajstić information content (AvgIpc) is 2.54. The van der Waals surface area contributed by atoms with Crippen LogP contribution in [0, 0.1) is 6.92 Å². The summed E-state index contributed by atoms with van der Waals surface area (Å²) in [6.07, 6.45) is 0.889. The maximum absolute atomic E-state index is 10.8. The van der Waals surface area contributed by atoms with Crippen LogP contribution in [-0.2, 0) is 4.79 Å². The molecule has 120 valence electrons. The van der Waals surface area contributed by atoms with Gasteiger partial charge >= 0.3 is 0 Å². The maximum Gasteiger partial charge on any atom is 0.227 e. The smallest absolute Gasteiger partial charge is 0.227 e. The highest BCUT2D eigenvalue weighted by molar-refractivity contribution is 6.30. The molecule has 1 N–H and O–H groups in total. The molecule has 0 aliphatic carbocycles. The third-order valence-corrected chi connectivity index (χ3v) is 3.92. The van der Waals surface area contributed by atoms with Crippen molar-refractivity contribution in [1.82, 2.24) is 14.9 Å². The molecular weight excluding hydrogens is 314 g/mol. The number of aryl methyl sites for hydroxylation is 1. The van der Waals surface area contributed by atoms with Gasteiger partial charge in [0.2, 0.25) is 12.4 Å². The monoisotopic (exact) mass is 331 g/mol. The lowest BCUT2D eigenvalue weighted by atomic mass is 10.3. The molecule has 1 aromatic carbocycles. The van der Waals surface area contributed by atoms with Gasteiger partial charge in [0.1, 0.15) is 5.82 Å². The molecule has 0 unspecified atom stereocenters. The predicted octanol–water partition coefficient (Wildman–Crippen LogP) is 2.46. The zero-order valence-corrected chi connectivity index (χ0v) is 13.6. The minimum absolute atomic E-state index is 0.672. The standard InChI is InChI=1S/C16H18ClN5O/c1-12-9-15(19-14-4-2-3-13(17)10-14)20-16(18-12)22-7-5-21(11-23)6-8-22/h2-4,9-11H,5-8H2,1H3,(H,18,19,20). The highest BCUT2D eigenvalue weighted by atomic mass is 35.5. The quantitative estimate of drug-likeness (QED) is 0.872. The first-order valence-corrected chi connectivity index (χ1v) is 7.84. The third-order valence-electron chi connectivity index (χ3n) is 3.69. The number of hydrogen-bond donors (Lipinski definition) is 1. The molecule has 2 heterocycles. The topological polar surface area (TPSA) is 61.4 Å². The molecule has 7 heteroatoms. The Bertz CT molecular complexity index is 701. The summed E-state index contributed by atoms with van der Waals surface area (Å²) in [5.74, 6) is 1.41. The van der Waals surface area contributed by atoms with Crippen molar-refractivity contribution in [1.29, 1.82) is 0 Å². The van der Waals surface area contributed by atoms with Crippen LogP contribution in [0.3, 0.4) is 0 Å². The van der Waals surface area contributed by atoms with E-state index in [1.807, 2.05) is 37.3 Å². The highest BCUT2D eigenvalue weighted by Crippen LogP contribution is 2.21. The molecule has 1 aliphatic heterocycles. The van der Waals surface area contributed by atoms with Gasteiger partial charge < -0.3 is 15.1 Å². The van der Waals surface area contributed by atoms with Gasteiger partial charge in [0, 0.05) is 48.6 Å². The summed E-state index contributed by atoms with van der Waals surface area (Å²) in [4.78, 5) is 23.7. The minimum Gasteiger partial charge on any atom is -0.342 e. The molecule has 0 bridgehead atoms. The largest absolute Gasteiger partial charge is 0.342 e. The summed E-state index contributed by atoms with van der Waals surface area (Å²) in [7, 11) is 0. The van der Waals surface area contributed by atoms with Crippen molar-refractivity contribution in [2.75, 3.05) is 36.4 Å². The first-order valence-electron chi connectivity index (χ1n) is 7.46. The second kappa shape index (κ2) is 6.83. The number of halogens is 1. The number of benzene rings is 1. The third kappa shape index (κ3) is 3.90.